The van der Waals surface area contributed by atoms with Gasteiger partial charge in [-0.15, -0.1) is 0 Å². The Morgan fingerprint density at radius 1 is 1.26 bits per heavy atom. The van der Waals surface area contributed by atoms with E-state index < -0.39 is 0 Å². The van der Waals surface area contributed by atoms with E-state index in [-0.39, 0.29) is 29.0 Å². The molecule has 1 amide bonds. The van der Waals surface area contributed by atoms with Crippen LogP contribution in [0.3, 0.4) is 0 Å². The van der Waals surface area contributed by atoms with Crippen LogP contribution in [0.15, 0.2) is 18.2 Å². The largest absolute Gasteiger partial charge is 0.508 e. The lowest BCUT2D eigenvalue weighted by atomic mass is 10.0. The Morgan fingerprint density at radius 3 is 2.26 bits per heavy atom. The Morgan fingerprint density at radius 2 is 1.79 bits per heavy atom. The Bertz CT molecular complexity index is 426. The maximum atomic E-state index is 12.1. The van der Waals surface area contributed by atoms with E-state index in [9.17, 15) is 15.0 Å². The van der Waals surface area contributed by atoms with Gasteiger partial charge in [0.25, 0.3) is 5.91 Å². The van der Waals surface area contributed by atoms with Gasteiger partial charge in [-0.2, -0.15) is 0 Å². The third kappa shape index (κ3) is 4.44. The molecule has 5 heteroatoms. The molecule has 1 unspecified atom stereocenters. The minimum Gasteiger partial charge on any atom is -0.508 e. The highest BCUT2D eigenvalue weighted by molar-refractivity contribution is 5.94. The van der Waals surface area contributed by atoms with E-state index in [2.05, 4.69) is 0 Å². The van der Waals surface area contributed by atoms with Crippen molar-refractivity contribution >= 4 is 5.91 Å². The molecule has 0 saturated carbocycles. The van der Waals surface area contributed by atoms with Crippen molar-refractivity contribution in [2.45, 2.75) is 26.3 Å². The van der Waals surface area contributed by atoms with Gasteiger partial charge in [-0.25, -0.2) is 0 Å². The Kier molecular flexibility index (Phi) is 5.18. The standard InChI is InChI=1S/C14H22N2O3/c1-9(2)13(15)4-5-16(3)14(19)10-6-11(17)8-12(18)7-10/h6-9,13,17-18H,4-5,15H2,1-3H3. The average Bonchev–Trinajstić information content (AvgIpc) is 2.33. The molecular weight excluding hydrogens is 244 g/mol. The molecule has 106 valence electrons. The van der Waals surface area contributed by atoms with Crippen LogP contribution in [0.25, 0.3) is 0 Å². The van der Waals surface area contributed by atoms with Crippen LogP contribution < -0.4 is 5.73 Å². The normalized spacial score (nSPS) is 12.5. The highest BCUT2D eigenvalue weighted by atomic mass is 16.3. The monoisotopic (exact) mass is 266 g/mol. The van der Waals surface area contributed by atoms with Gasteiger partial charge in [-0.3, -0.25) is 4.79 Å². The molecule has 0 aliphatic rings. The third-order valence-corrected chi connectivity index (χ3v) is 3.15. The third-order valence-electron chi connectivity index (χ3n) is 3.15. The Balaban J connectivity index is 2.66. The van der Waals surface area contributed by atoms with Crippen molar-refractivity contribution in [1.29, 1.82) is 0 Å². The molecule has 0 aromatic heterocycles. The summed E-state index contributed by atoms with van der Waals surface area (Å²) in [6.07, 6.45) is 0.713. The van der Waals surface area contributed by atoms with Gasteiger partial charge in [-0.05, 0) is 24.5 Å². The highest BCUT2D eigenvalue weighted by Gasteiger charge is 2.15. The number of carbonyl (C=O) groups excluding carboxylic acids is 1. The second kappa shape index (κ2) is 6.43. The maximum Gasteiger partial charge on any atom is 0.253 e. The predicted molar refractivity (Wildman–Crippen MR) is 74.2 cm³/mol. The van der Waals surface area contributed by atoms with Crippen molar-refractivity contribution in [3.8, 4) is 11.5 Å². The molecule has 0 bridgehead atoms. The van der Waals surface area contributed by atoms with Crippen LogP contribution in [-0.2, 0) is 0 Å². The van der Waals surface area contributed by atoms with E-state index >= 15 is 0 Å². The molecule has 1 atom stereocenters. The number of nitrogens with two attached hydrogens (primary N) is 1. The molecule has 0 aliphatic carbocycles. The fourth-order valence-electron chi connectivity index (χ4n) is 1.72. The summed E-state index contributed by atoms with van der Waals surface area (Å²) in [5, 5.41) is 18.7. The average molecular weight is 266 g/mol. The lowest BCUT2D eigenvalue weighted by molar-refractivity contribution is 0.0788. The van der Waals surface area contributed by atoms with Crippen molar-refractivity contribution in [2.24, 2.45) is 11.7 Å². The number of benzene rings is 1. The van der Waals surface area contributed by atoms with Gasteiger partial charge in [0.2, 0.25) is 0 Å². The summed E-state index contributed by atoms with van der Waals surface area (Å²) < 4.78 is 0. The molecule has 1 rings (SSSR count). The van der Waals surface area contributed by atoms with Crippen LogP contribution in [0.5, 0.6) is 11.5 Å². The second-order valence-corrected chi connectivity index (χ2v) is 5.16. The first-order chi connectivity index (χ1) is 8.81. The van der Waals surface area contributed by atoms with Crippen molar-refractivity contribution in [3.05, 3.63) is 23.8 Å². The minimum absolute atomic E-state index is 0.0489. The summed E-state index contributed by atoms with van der Waals surface area (Å²) in [5.74, 6) is -0.137. The van der Waals surface area contributed by atoms with Gasteiger partial charge in [0.1, 0.15) is 11.5 Å². The van der Waals surface area contributed by atoms with Gasteiger partial charge in [0.05, 0.1) is 0 Å². The van der Waals surface area contributed by atoms with Crippen LogP contribution in [0.4, 0.5) is 0 Å². The first-order valence-electron chi connectivity index (χ1n) is 6.35. The molecule has 0 fully saturated rings. The highest BCUT2D eigenvalue weighted by Crippen LogP contribution is 2.21. The van der Waals surface area contributed by atoms with Crippen molar-refractivity contribution in [3.63, 3.8) is 0 Å². The number of nitrogens with zero attached hydrogens (tertiary/aromatic N) is 1. The number of hydrogen-bond acceptors (Lipinski definition) is 4. The Hall–Kier alpha value is -1.75. The molecule has 0 radical (unpaired) electrons. The molecule has 0 spiro atoms. The number of phenols is 2. The smallest absolute Gasteiger partial charge is 0.253 e. The first-order valence-corrected chi connectivity index (χ1v) is 6.35. The number of amides is 1. The molecule has 4 N–H and O–H groups in total. The van der Waals surface area contributed by atoms with Crippen LogP contribution in [0.1, 0.15) is 30.6 Å². The van der Waals surface area contributed by atoms with E-state index in [1.165, 1.54) is 23.1 Å². The van der Waals surface area contributed by atoms with Gasteiger partial charge in [-0.1, -0.05) is 13.8 Å². The van der Waals surface area contributed by atoms with Crippen LogP contribution in [0, 0.1) is 5.92 Å². The summed E-state index contributed by atoms with van der Waals surface area (Å²) in [4.78, 5) is 13.6. The van der Waals surface area contributed by atoms with Crippen molar-refractivity contribution in [1.82, 2.24) is 4.90 Å². The van der Waals surface area contributed by atoms with Gasteiger partial charge >= 0.3 is 0 Å². The quantitative estimate of drug-likeness (QED) is 0.754. The fraction of sp³-hybridized carbons (Fsp3) is 0.500. The van der Waals surface area contributed by atoms with E-state index in [4.69, 9.17) is 5.73 Å². The van der Waals surface area contributed by atoms with E-state index in [0.717, 1.165) is 0 Å². The van der Waals surface area contributed by atoms with Crippen LogP contribution in [0.2, 0.25) is 0 Å². The fourth-order valence-corrected chi connectivity index (χ4v) is 1.72. The van der Waals surface area contributed by atoms with E-state index in [0.29, 0.717) is 18.9 Å². The van der Waals surface area contributed by atoms with Crippen LogP contribution >= 0.6 is 0 Å². The zero-order chi connectivity index (χ0) is 14.6. The Labute approximate surface area is 113 Å². The number of carbonyl (C=O) groups is 1. The number of rotatable bonds is 5. The number of hydrogen-bond donors (Lipinski definition) is 3. The van der Waals surface area contributed by atoms with Crippen LogP contribution in [-0.4, -0.2) is 40.7 Å². The summed E-state index contributed by atoms with van der Waals surface area (Å²) in [7, 11) is 1.68. The topological polar surface area (TPSA) is 86.8 Å². The molecule has 0 heterocycles. The maximum absolute atomic E-state index is 12.1. The molecule has 0 saturated heterocycles. The van der Waals surface area contributed by atoms with Gasteiger partial charge in [0.15, 0.2) is 0 Å². The van der Waals surface area contributed by atoms with E-state index in [1.807, 2.05) is 13.8 Å². The lowest BCUT2D eigenvalue weighted by Crippen LogP contribution is -2.34. The summed E-state index contributed by atoms with van der Waals surface area (Å²) in [6, 6.07) is 3.90. The zero-order valence-electron chi connectivity index (χ0n) is 11.6. The van der Waals surface area contributed by atoms with Crippen molar-refractivity contribution in [2.75, 3.05) is 13.6 Å². The van der Waals surface area contributed by atoms with Gasteiger partial charge in [0, 0.05) is 31.3 Å². The predicted octanol–water partition coefficient (Wildman–Crippen LogP) is 1.54. The SMILES string of the molecule is CC(C)C(N)CCN(C)C(=O)c1cc(O)cc(O)c1. The first kappa shape index (κ1) is 15.3. The summed E-state index contributed by atoms with van der Waals surface area (Å²) >= 11 is 0. The summed E-state index contributed by atoms with van der Waals surface area (Å²) in [6.45, 7) is 4.62. The minimum atomic E-state index is -0.248. The zero-order valence-corrected chi connectivity index (χ0v) is 11.6. The second-order valence-electron chi connectivity index (χ2n) is 5.16. The summed E-state index contributed by atoms with van der Waals surface area (Å²) in [5.41, 5.74) is 6.20. The molecular formula is C14H22N2O3. The van der Waals surface area contributed by atoms with Crippen molar-refractivity contribution < 1.29 is 15.0 Å². The molecule has 0 aliphatic heterocycles. The lowest BCUT2D eigenvalue weighted by Gasteiger charge is -2.21. The molecule has 1 aromatic carbocycles. The number of phenolic OH excluding ortho intramolecular Hbond substituents is 2. The molecule has 1 aromatic rings. The molecule has 19 heavy (non-hydrogen) atoms. The van der Waals surface area contributed by atoms with E-state index in [1.54, 1.807) is 7.05 Å². The van der Waals surface area contributed by atoms with Gasteiger partial charge < -0.3 is 20.8 Å². The molecule has 5 nitrogen and oxygen atoms in total. The number of aromatic hydroxyl groups is 2.